The maximum absolute atomic E-state index is 6.04. The Kier molecular flexibility index (Phi) is 23.1. The normalized spacial score (nSPS) is 11.1. The van der Waals surface area contributed by atoms with E-state index in [-0.39, 0.29) is 6.29 Å². The monoisotopic (exact) mass is 390 g/mol. The summed E-state index contributed by atoms with van der Waals surface area (Å²) < 4.78 is 12.1. The van der Waals surface area contributed by atoms with Crippen molar-refractivity contribution in [3.05, 3.63) is 24.8 Å². The molecule has 0 aromatic heterocycles. The third kappa shape index (κ3) is 21.3. The van der Waals surface area contributed by atoms with E-state index in [0.29, 0.717) is 0 Å². The highest BCUT2D eigenvalue weighted by molar-refractivity contribution is 5.21. The molecule has 0 saturated carbocycles. The summed E-state index contributed by atoms with van der Waals surface area (Å²) in [6.07, 6.45) is 24.2. The lowest BCUT2D eigenvalue weighted by Crippen LogP contribution is -2.19. The number of allylic oxidation sites excluding steroid dienone is 3. The van der Waals surface area contributed by atoms with Gasteiger partial charge in [0.05, 0.1) is 0 Å². The van der Waals surface area contributed by atoms with Gasteiger partial charge >= 0.3 is 0 Å². The van der Waals surface area contributed by atoms with Crippen LogP contribution in [0.1, 0.15) is 110 Å². The van der Waals surface area contributed by atoms with Gasteiger partial charge in [-0.15, -0.1) is 0 Å². The Morgan fingerprint density at radius 2 is 1.29 bits per heavy atom. The lowest BCUT2D eigenvalue weighted by atomic mass is 10.1. The Morgan fingerprint density at radius 1 is 0.714 bits per heavy atom. The van der Waals surface area contributed by atoms with Crippen molar-refractivity contribution in [3.63, 3.8) is 0 Å². The first-order valence-corrected chi connectivity index (χ1v) is 11.8. The fraction of sp³-hybridized carbons (Fsp3) is 0.769. The fourth-order valence-electron chi connectivity index (χ4n) is 3.05. The van der Waals surface area contributed by atoms with Crippen LogP contribution in [0.4, 0.5) is 0 Å². The molecule has 0 aliphatic heterocycles. The van der Waals surface area contributed by atoms with E-state index in [2.05, 4.69) is 38.3 Å². The summed E-state index contributed by atoms with van der Waals surface area (Å²) in [6, 6.07) is 0. The second kappa shape index (κ2) is 24.0. The van der Waals surface area contributed by atoms with Gasteiger partial charge in [0.15, 0.2) is 6.29 Å². The Balaban J connectivity index is 3.79. The quantitative estimate of drug-likeness (QED) is 0.119. The Morgan fingerprint density at radius 3 is 1.89 bits per heavy atom. The molecular formula is C26H46O2. The maximum Gasteiger partial charge on any atom is 0.157 e. The standard InChI is InChI=1S/C26H46O2/c1-4-7-10-13-14-15-16-17-18-19-20-23-26(27-24-21-11-8-5-2)28-25-22-12-9-6-3/h4,13-14,26H,1,5-6,8-9,11-12,15-25H2,2-3H3/b14-13+. The van der Waals surface area contributed by atoms with Crippen LogP contribution in [0.3, 0.4) is 0 Å². The molecule has 0 aromatic carbocycles. The molecular weight excluding hydrogens is 344 g/mol. The van der Waals surface area contributed by atoms with Crippen LogP contribution in [0.5, 0.6) is 0 Å². The van der Waals surface area contributed by atoms with Gasteiger partial charge in [0.1, 0.15) is 0 Å². The van der Waals surface area contributed by atoms with E-state index in [1.54, 1.807) is 6.08 Å². The predicted octanol–water partition coefficient (Wildman–Crippen LogP) is 7.98. The molecule has 0 aliphatic rings. The van der Waals surface area contributed by atoms with E-state index in [4.69, 9.17) is 9.47 Å². The smallest absolute Gasteiger partial charge is 0.157 e. The van der Waals surface area contributed by atoms with Crippen LogP contribution in [-0.2, 0) is 9.47 Å². The van der Waals surface area contributed by atoms with Gasteiger partial charge in [0, 0.05) is 13.2 Å². The van der Waals surface area contributed by atoms with Crippen molar-refractivity contribution in [2.24, 2.45) is 0 Å². The van der Waals surface area contributed by atoms with Crippen molar-refractivity contribution >= 4 is 0 Å². The summed E-state index contributed by atoms with van der Waals surface area (Å²) in [5.41, 5.74) is 0. The van der Waals surface area contributed by atoms with Crippen molar-refractivity contribution in [1.82, 2.24) is 0 Å². The average Bonchev–Trinajstić information content (AvgIpc) is 2.71. The third-order valence-electron chi connectivity index (χ3n) is 4.80. The lowest BCUT2D eigenvalue weighted by Gasteiger charge is -2.19. The number of unbranched alkanes of at least 4 members (excludes halogenated alkanes) is 11. The summed E-state index contributed by atoms with van der Waals surface area (Å²) in [5, 5.41) is 0. The van der Waals surface area contributed by atoms with Crippen molar-refractivity contribution in [1.29, 1.82) is 0 Å². The number of ether oxygens (including phenoxy) is 2. The molecule has 0 rings (SSSR count). The van der Waals surface area contributed by atoms with Gasteiger partial charge in [-0.3, -0.25) is 0 Å². The second-order valence-corrected chi connectivity index (χ2v) is 7.53. The summed E-state index contributed by atoms with van der Waals surface area (Å²) in [6.45, 7) is 9.77. The van der Waals surface area contributed by atoms with Gasteiger partial charge in [-0.2, -0.15) is 0 Å². The first kappa shape index (κ1) is 27.0. The highest BCUT2D eigenvalue weighted by Crippen LogP contribution is 2.13. The molecule has 0 aliphatic carbocycles. The highest BCUT2D eigenvalue weighted by Gasteiger charge is 2.09. The van der Waals surface area contributed by atoms with Crippen molar-refractivity contribution in [2.45, 2.75) is 116 Å². The number of rotatable bonds is 20. The van der Waals surface area contributed by atoms with Gasteiger partial charge in [0.2, 0.25) is 0 Å². The van der Waals surface area contributed by atoms with Gasteiger partial charge in [-0.25, -0.2) is 0 Å². The zero-order chi connectivity index (χ0) is 20.5. The molecule has 0 amide bonds. The summed E-state index contributed by atoms with van der Waals surface area (Å²) in [5.74, 6) is 5.77. The molecule has 0 radical (unpaired) electrons. The first-order valence-electron chi connectivity index (χ1n) is 11.8. The average molecular weight is 391 g/mol. The summed E-state index contributed by atoms with van der Waals surface area (Å²) in [4.78, 5) is 0. The maximum atomic E-state index is 6.04. The zero-order valence-electron chi connectivity index (χ0n) is 18.9. The zero-order valence-corrected chi connectivity index (χ0v) is 18.9. The lowest BCUT2D eigenvalue weighted by molar-refractivity contribution is -0.148. The van der Waals surface area contributed by atoms with E-state index in [1.807, 2.05) is 6.08 Å². The Labute approximate surface area is 176 Å². The molecule has 0 N–H and O–H groups in total. The van der Waals surface area contributed by atoms with E-state index >= 15 is 0 Å². The Hall–Kier alpha value is -1.04. The largest absolute Gasteiger partial charge is 0.353 e. The van der Waals surface area contributed by atoms with Crippen LogP contribution in [-0.4, -0.2) is 19.5 Å². The third-order valence-corrected chi connectivity index (χ3v) is 4.80. The van der Waals surface area contributed by atoms with Crippen molar-refractivity contribution in [3.8, 4) is 11.8 Å². The van der Waals surface area contributed by atoms with Crippen LogP contribution in [0.15, 0.2) is 24.8 Å². The first-order chi connectivity index (χ1) is 13.8. The molecule has 0 fully saturated rings. The van der Waals surface area contributed by atoms with Crippen LogP contribution in [0, 0.1) is 11.8 Å². The minimum absolute atomic E-state index is 0.00891. The molecule has 28 heavy (non-hydrogen) atoms. The van der Waals surface area contributed by atoms with Crippen LogP contribution in [0.25, 0.3) is 0 Å². The van der Waals surface area contributed by atoms with Crippen LogP contribution < -0.4 is 0 Å². The SMILES string of the molecule is C=CC#C/C=C/CCCCCCCC(OCCCCCC)OCCCCCC. The van der Waals surface area contributed by atoms with Crippen molar-refractivity contribution < 1.29 is 9.47 Å². The number of hydrogen-bond acceptors (Lipinski definition) is 2. The number of hydrogen-bond donors (Lipinski definition) is 0. The Bertz CT molecular complexity index is 388. The van der Waals surface area contributed by atoms with Gasteiger partial charge in [-0.1, -0.05) is 96.1 Å². The molecule has 0 bridgehead atoms. The molecule has 2 nitrogen and oxygen atoms in total. The van der Waals surface area contributed by atoms with Crippen LogP contribution in [0.2, 0.25) is 0 Å². The second-order valence-electron chi connectivity index (χ2n) is 7.53. The fourth-order valence-corrected chi connectivity index (χ4v) is 3.05. The predicted molar refractivity (Wildman–Crippen MR) is 123 cm³/mol. The summed E-state index contributed by atoms with van der Waals surface area (Å²) >= 11 is 0. The molecule has 0 unspecified atom stereocenters. The van der Waals surface area contributed by atoms with E-state index in [0.717, 1.165) is 38.9 Å². The molecule has 0 spiro atoms. The minimum atomic E-state index is 0.00891. The molecule has 162 valence electrons. The molecule has 0 saturated heterocycles. The van der Waals surface area contributed by atoms with E-state index < -0.39 is 0 Å². The van der Waals surface area contributed by atoms with E-state index in [9.17, 15) is 0 Å². The topological polar surface area (TPSA) is 18.5 Å². The minimum Gasteiger partial charge on any atom is -0.353 e. The van der Waals surface area contributed by atoms with Crippen LogP contribution >= 0.6 is 0 Å². The molecule has 0 atom stereocenters. The van der Waals surface area contributed by atoms with Gasteiger partial charge < -0.3 is 9.47 Å². The molecule has 2 heteroatoms. The van der Waals surface area contributed by atoms with Gasteiger partial charge in [-0.05, 0) is 50.7 Å². The van der Waals surface area contributed by atoms with Crippen molar-refractivity contribution in [2.75, 3.05) is 13.2 Å². The molecule has 0 aromatic rings. The molecule has 0 heterocycles. The highest BCUT2D eigenvalue weighted by atomic mass is 16.7. The van der Waals surface area contributed by atoms with Gasteiger partial charge in [0.25, 0.3) is 0 Å². The summed E-state index contributed by atoms with van der Waals surface area (Å²) in [7, 11) is 0. The van der Waals surface area contributed by atoms with E-state index in [1.165, 1.54) is 70.6 Å².